The van der Waals surface area contributed by atoms with Crippen molar-refractivity contribution in [3.63, 3.8) is 0 Å². The van der Waals surface area contributed by atoms with Crippen LogP contribution in [0.15, 0.2) is 18.3 Å². The van der Waals surface area contributed by atoms with Crippen LogP contribution in [-0.2, 0) is 13.5 Å². The minimum Gasteiger partial charge on any atom is -0.382 e. The Kier molecular flexibility index (Phi) is 5.88. The lowest BCUT2D eigenvalue weighted by atomic mass is 9.82. The maximum Gasteiger partial charge on any atom is 0.146 e. The van der Waals surface area contributed by atoms with Crippen LogP contribution >= 0.6 is 0 Å². The van der Waals surface area contributed by atoms with Crippen molar-refractivity contribution in [3.05, 3.63) is 35.3 Å². The molecule has 0 aromatic carbocycles. The van der Waals surface area contributed by atoms with Gasteiger partial charge in [-0.25, -0.2) is 0 Å². The molecule has 0 spiro atoms. The van der Waals surface area contributed by atoms with Crippen molar-refractivity contribution >= 4 is 5.82 Å². The fourth-order valence-corrected chi connectivity index (χ4v) is 5.73. The smallest absolute Gasteiger partial charge is 0.146 e. The molecule has 30 heavy (non-hydrogen) atoms. The number of nitrogens with zero attached hydrogens (tertiary/aromatic N) is 5. The van der Waals surface area contributed by atoms with Gasteiger partial charge in [0.1, 0.15) is 5.82 Å². The standard InChI is InChI=1S/C24H38N6/c1-16-13-26-29(5)23(16)21(12-20-6-7-22(25)28-27-20)17-10-18-14-30(15-19(18)11-17)9-8-24(2,3)4/h6-7,13,17-19,21H,8-12,14-15H2,1-5H3,(H2,25,28)/t17?,18-,19+,21?. The Morgan fingerprint density at radius 2 is 1.83 bits per heavy atom. The van der Waals surface area contributed by atoms with Gasteiger partial charge >= 0.3 is 0 Å². The summed E-state index contributed by atoms with van der Waals surface area (Å²) in [7, 11) is 2.08. The maximum atomic E-state index is 5.76. The van der Waals surface area contributed by atoms with Crippen LogP contribution in [0.25, 0.3) is 0 Å². The zero-order valence-corrected chi connectivity index (χ0v) is 19.3. The number of fused-ring (bicyclic) bond motifs is 1. The molecule has 0 radical (unpaired) electrons. The first-order valence-corrected chi connectivity index (χ1v) is 11.5. The summed E-state index contributed by atoms with van der Waals surface area (Å²) >= 11 is 0. The quantitative estimate of drug-likeness (QED) is 0.784. The molecule has 6 heteroatoms. The Morgan fingerprint density at radius 1 is 1.13 bits per heavy atom. The summed E-state index contributed by atoms with van der Waals surface area (Å²) < 4.78 is 2.08. The third-order valence-electron chi connectivity index (χ3n) is 7.31. The number of nitrogen functional groups attached to an aromatic ring is 1. The molecule has 1 saturated heterocycles. The van der Waals surface area contributed by atoms with Crippen LogP contribution in [0.1, 0.15) is 62.9 Å². The molecule has 6 nitrogen and oxygen atoms in total. The van der Waals surface area contributed by atoms with Gasteiger partial charge in [-0.05, 0) is 73.6 Å². The summed E-state index contributed by atoms with van der Waals surface area (Å²) in [4.78, 5) is 2.71. The number of anilines is 1. The van der Waals surface area contributed by atoms with E-state index in [1.165, 1.54) is 50.2 Å². The largest absolute Gasteiger partial charge is 0.382 e. The van der Waals surface area contributed by atoms with Gasteiger partial charge in [0.05, 0.1) is 11.9 Å². The van der Waals surface area contributed by atoms with Gasteiger partial charge in [0, 0.05) is 38.2 Å². The molecule has 164 valence electrons. The number of hydrogen-bond acceptors (Lipinski definition) is 5. The summed E-state index contributed by atoms with van der Waals surface area (Å²) in [5.41, 5.74) is 9.85. The van der Waals surface area contributed by atoms with Gasteiger partial charge in [0.15, 0.2) is 0 Å². The molecule has 3 heterocycles. The third-order valence-corrected chi connectivity index (χ3v) is 7.31. The van der Waals surface area contributed by atoms with Gasteiger partial charge in [0.2, 0.25) is 0 Å². The highest BCUT2D eigenvalue weighted by Gasteiger charge is 2.44. The van der Waals surface area contributed by atoms with Gasteiger partial charge in [0.25, 0.3) is 0 Å². The molecule has 2 N–H and O–H groups in total. The second kappa shape index (κ2) is 8.29. The maximum absolute atomic E-state index is 5.76. The highest BCUT2D eigenvalue weighted by Crippen LogP contribution is 2.48. The molecule has 0 amide bonds. The first-order valence-electron chi connectivity index (χ1n) is 11.5. The molecule has 2 aromatic rings. The normalized spacial score (nSPS) is 25.6. The monoisotopic (exact) mass is 410 g/mol. The van der Waals surface area contributed by atoms with Gasteiger partial charge in [-0.2, -0.15) is 10.2 Å². The second-order valence-corrected chi connectivity index (χ2v) is 10.9. The fraction of sp³-hybridized carbons (Fsp3) is 0.708. The lowest BCUT2D eigenvalue weighted by molar-refractivity contribution is 0.240. The molecule has 2 aromatic heterocycles. The zero-order valence-electron chi connectivity index (χ0n) is 19.3. The van der Waals surface area contributed by atoms with Crippen LogP contribution in [0.5, 0.6) is 0 Å². The zero-order chi connectivity index (χ0) is 21.5. The van der Waals surface area contributed by atoms with E-state index < -0.39 is 0 Å². The molecular weight excluding hydrogens is 372 g/mol. The number of likely N-dealkylation sites (tertiary alicyclic amines) is 1. The van der Waals surface area contributed by atoms with Crippen molar-refractivity contribution in [1.29, 1.82) is 0 Å². The Labute approximate surface area is 181 Å². The van der Waals surface area contributed by atoms with E-state index >= 15 is 0 Å². The first-order chi connectivity index (χ1) is 14.2. The molecular formula is C24H38N6. The van der Waals surface area contributed by atoms with Crippen LogP contribution in [0.3, 0.4) is 0 Å². The topological polar surface area (TPSA) is 72.9 Å². The van der Waals surface area contributed by atoms with Crippen molar-refractivity contribution in [1.82, 2.24) is 24.9 Å². The predicted octanol–water partition coefficient (Wildman–Crippen LogP) is 3.82. The average molecular weight is 411 g/mol. The minimum absolute atomic E-state index is 0.419. The summed E-state index contributed by atoms with van der Waals surface area (Å²) in [5.74, 6) is 3.27. The number of aromatic nitrogens is 4. The lowest BCUT2D eigenvalue weighted by Crippen LogP contribution is -2.27. The van der Waals surface area contributed by atoms with Crippen molar-refractivity contribution in [2.75, 3.05) is 25.4 Å². The third kappa shape index (κ3) is 4.69. The molecule has 2 unspecified atom stereocenters. The first kappa shape index (κ1) is 21.3. The average Bonchev–Trinajstić information content (AvgIpc) is 3.33. The van der Waals surface area contributed by atoms with Crippen LogP contribution in [0, 0.1) is 30.1 Å². The van der Waals surface area contributed by atoms with Crippen molar-refractivity contribution in [2.45, 2.75) is 59.3 Å². The Morgan fingerprint density at radius 3 is 2.37 bits per heavy atom. The molecule has 2 fully saturated rings. The van der Waals surface area contributed by atoms with E-state index in [0.29, 0.717) is 23.1 Å². The number of rotatable bonds is 6. The molecule has 1 aliphatic carbocycles. The Balaban J connectivity index is 1.47. The summed E-state index contributed by atoms with van der Waals surface area (Å²) in [5, 5.41) is 13.0. The van der Waals surface area contributed by atoms with Gasteiger partial charge in [-0.1, -0.05) is 20.8 Å². The second-order valence-electron chi connectivity index (χ2n) is 10.9. The van der Waals surface area contributed by atoms with Gasteiger partial charge in [-0.15, -0.1) is 5.10 Å². The van der Waals surface area contributed by atoms with E-state index in [9.17, 15) is 0 Å². The summed E-state index contributed by atoms with van der Waals surface area (Å²) in [6.45, 7) is 13.0. The fourth-order valence-electron chi connectivity index (χ4n) is 5.73. The lowest BCUT2D eigenvalue weighted by Gasteiger charge is -2.27. The number of aryl methyl sites for hydroxylation is 2. The van der Waals surface area contributed by atoms with E-state index in [1.54, 1.807) is 0 Å². The number of nitrogens with two attached hydrogens (primary N) is 1. The van der Waals surface area contributed by atoms with Crippen molar-refractivity contribution < 1.29 is 0 Å². The van der Waals surface area contributed by atoms with E-state index in [-0.39, 0.29) is 0 Å². The van der Waals surface area contributed by atoms with E-state index in [4.69, 9.17) is 5.73 Å². The predicted molar refractivity (Wildman–Crippen MR) is 121 cm³/mol. The summed E-state index contributed by atoms with van der Waals surface area (Å²) in [6.07, 6.45) is 6.82. The molecule has 1 saturated carbocycles. The SMILES string of the molecule is Cc1cnn(C)c1C(Cc1ccc(N)nn1)C1C[C@@H]2CN(CCC(C)(C)C)C[C@@H]2C1. The highest BCUT2D eigenvalue weighted by molar-refractivity contribution is 5.28. The van der Waals surface area contributed by atoms with Crippen LogP contribution in [0.4, 0.5) is 5.82 Å². The van der Waals surface area contributed by atoms with Crippen LogP contribution in [-0.4, -0.2) is 44.5 Å². The molecule has 2 aliphatic rings. The molecule has 0 bridgehead atoms. The van der Waals surface area contributed by atoms with Crippen LogP contribution in [0.2, 0.25) is 0 Å². The van der Waals surface area contributed by atoms with Crippen LogP contribution < -0.4 is 5.73 Å². The van der Waals surface area contributed by atoms with E-state index in [1.807, 2.05) is 18.3 Å². The van der Waals surface area contributed by atoms with Gasteiger partial charge in [-0.3, -0.25) is 4.68 Å². The van der Waals surface area contributed by atoms with E-state index in [0.717, 1.165) is 24.0 Å². The molecule has 1 aliphatic heterocycles. The van der Waals surface area contributed by atoms with Crippen molar-refractivity contribution in [3.8, 4) is 0 Å². The minimum atomic E-state index is 0.419. The molecule has 4 rings (SSSR count). The highest BCUT2D eigenvalue weighted by atomic mass is 15.3. The number of hydrogen-bond donors (Lipinski definition) is 1. The van der Waals surface area contributed by atoms with E-state index in [2.05, 4.69) is 59.6 Å². The van der Waals surface area contributed by atoms with Gasteiger partial charge < -0.3 is 10.6 Å². The van der Waals surface area contributed by atoms with Crippen molar-refractivity contribution in [2.24, 2.45) is 30.2 Å². The summed E-state index contributed by atoms with van der Waals surface area (Å²) in [6, 6.07) is 3.90. The Hall–Kier alpha value is -1.95. The Bertz CT molecular complexity index is 816. The molecule has 4 atom stereocenters.